The highest BCUT2D eigenvalue weighted by atomic mass is 16.2. The standard InChI is InChI=1S/C21H19N3O2/c1-11-13(12-4-2-3-5-16(12)23-11)10-22-24-19(25)17-14-6-7-15(18(17)20(24)26)21(14)8-9-21/h2-7,10,14-15,17-18,23H,8-9H2,1H3/b22-10+/t14-,15+,17-,18-/m0/s1. The van der Waals surface area contributed by atoms with Gasteiger partial charge < -0.3 is 4.98 Å². The number of fused-ring (bicyclic) bond motifs is 4. The highest BCUT2D eigenvalue weighted by molar-refractivity contribution is 6.08. The Kier molecular flexibility index (Phi) is 2.52. The Morgan fingerprint density at radius 3 is 2.42 bits per heavy atom. The number of para-hydroxylation sites is 1. The van der Waals surface area contributed by atoms with Crippen molar-refractivity contribution in [1.82, 2.24) is 9.99 Å². The number of aromatic amines is 1. The maximum Gasteiger partial charge on any atom is 0.254 e. The molecule has 2 saturated carbocycles. The van der Waals surface area contributed by atoms with Crippen LogP contribution < -0.4 is 0 Å². The Morgan fingerprint density at radius 2 is 1.77 bits per heavy atom. The lowest BCUT2D eigenvalue weighted by Gasteiger charge is -2.18. The van der Waals surface area contributed by atoms with Crippen LogP contribution in [0.4, 0.5) is 0 Å². The van der Waals surface area contributed by atoms with Crippen molar-refractivity contribution >= 4 is 28.9 Å². The van der Waals surface area contributed by atoms with Crippen molar-refractivity contribution < 1.29 is 9.59 Å². The van der Waals surface area contributed by atoms with E-state index in [1.54, 1.807) is 6.21 Å². The van der Waals surface area contributed by atoms with E-state index in [-0.39, 0.29) is 40.9 Å². The number of nitrogens with one attached hydrogen (secondary N) is 1. The molecule has 130 valence electrons. The third-order valence-electron chi connectivity index (χ3n) is 7.08. The molecule has 1 aromatic carbocycles. The predicted octanol–water partition coefficient (Wildman–Crippen LogP) is 3.01. The topological polar surface area (TPSA) is 65.5 Å². The monoisotopic (exact) mass is 345 g/mol. The van der Waals surface area contributed by atoms with Crippen LogP contribution >= 0.6 is 0 Å². The Morgan fingerprint density at radius 1 is 1.12 bits per heavy atom. The van der Waals surface area contributed by atoms with Gasteiger partial charge in [0.05, 0.1) is 18.1 Å². The van der Waals surface area contributed by atoms with Crippen LogP contribution in [0, 0.1) is 36.0 Å². The van der Waals surface area contributed by atoms with Gasteiger partial charge in [-0.2, -0.15) is 10.1 Å². The molecular weight excluding hydrogens is 326 g/mol. The zero-order chi connectivity index (χ0) is 17.6. The van der Waals surface area contributed by atoms with Gasteiger partial charge in [-0.3, -0.25) is 9.59 Å². The first-order valence-electron chi connectivity index (χ1n) is 9.29. The van der Waals surface area contributed by atoms with E-state index in [4.69, 9.17) is 0 Å². The van der Waals surface area contributed by atoms with Gasteiger partial charge in [-0.25, -0.2) is 0 Å². The van der Waals surface area contributed by atoms with Crippen molar-refractivity contribution in [2.75, 3.05) is 0 Å². The first kappa shape index (κ1) is 14.5. The van der Waals surface area contributed by atoms with Crippen LogP contribution in [-0.4, -0.2) is 28.0 Å². The van der Waals surface area contributed by atoms with Gasteiger partial charge in [0.2, 0.25) is 0 Å². The first-order valence-corrected chi connectivity index (χ1v) is 9.29. The summed E-state index contributed by atoms with van der Waals surface area (Å²) in [4.78, 5) is 29.2. The lowest BCUT2D eigenvalue weighted by atomic mass is 9.85. The van der Waals surface area contributed by atoms with Gasteiger partial charge in [0.1, 0.15) is 0 Å². The van der Waals surface area contributed by atoms with Gasteiger partial charge in [-0.05, 0) is 43.1 Å². The van der Waals surface area contributed by atoms with Crippen molar-refractivity contribution in [3.8, 4) is 0 Å². The van der Waals surface area contributed by atoms with Crippen molar-refractivity contribution in [3.63, 3.8) is 0 Å². The molecule has 3 fully saturated rings. The van der Waals surface area contributed by atoms with E-state index in [0.29, 0.717) is 0 Å². The summed E-state index contributed by atoms with van der Waals surface area (Å²) in [5.74, 6) is -0.135. The van der Waals surface area contributed by atoms with Crippen LogP contribution in [0.25, 0.3) is 10.9 Å². The fraction of sp³-hybridized carbons (Fsp3) is 0.381. The summed E-state index contributed by atoms with van der Waals surface area (Å²) in [5.41, 5.74) is 3.16. The molecule has 3 aliphatic carbocycles. The second-order valence-corrected chi connectivity index (χ2v) is 8.16. The minimum Gasteiger partial charge on any atom is -0.358 e. The lowest BCUT2D eigenvalue weighted by Crippen LogP contribution is -2.30. The minimum atomic E-state index is -0.193. The minimum absolute atomic E-state index is 0.114. The highest BCUT2D eigenvalue weighted by Gasteiger charge is 2.73. The first-order chi connectivity index (χ1) is 12.6. The van der Waals surface area contributed by atoms with Crippen molar-refractivity contribution in [2.45, 2.75) is 19.8 Å². The molecule has 1 aliphatic heterocycles. The average molecular weight is 345 g/mol. The number of H-pyrrole nitrogens is 1. The third kappa shape index (κ3) is 1.55. The second kappa shape index (κ2) is 4.53. The molecule has 6 rings (SSSR count). The van der Waals surface area contributed by atoms with E-state index in [1.165, 1.54) is 0 Å². The van der Waals surface area contributed by atoms with E-state index in [0.717, 1.165) is 40.0 Å². The molecule has 2 aromatic rings. The molecule has 2 amide bonds. The zero-order valence-corrected chi connectivity index (χ0v) is 14.5. The molecule has 2 bridgehead atoms. The number of nitrogens with zero attached hydrogens (tertiary/aromatic N) is 2. The van der Waals surface area contributed by atoms with E-state index in [2.05, 4.69) is 22.2 Å². The van der Waals surface area contributed by atoms with Crippen LogP contribution in [0.1, 0.15) is 24.1 Å². The molecule has 1 aromatic heterocycles. The van der Waals surface area contributed by atoms with Crippen LogP contribution in [0.3, 0.4) is 0 Å². The SMILES string of the molecule is Cc1[nH]c2ccccc2c1/C=N/N1C(=O)[C@@H]2[C@@H](C1=O)[C@@H]1C=C[C@H]2C12CC2. The number of imide groups is 1. The Hall–Kier alpha value is -2.69. The summed E-state index contributed by atoms with van der Waals surface area (Å²) in [6.07, 6.45) is 8.33. The smallest absolute Gasteiger partial charge is 0.254 e. The number of allylic oxidation sites excluding steroid dienone is 2. The molecule has 5 heteroatoms. The number of hydrogen-bond acceptors (Lipinski definition) is 3. The highest BCUT2D eigenvalue weighted by Crippen LogP contribution is 2.73. The summed E-state index contributed by atoms with van der Waals surface area (Å²) in [7, 11) is 0. The van der Waals surface area contributed by atoms with Crippen molar-refractivity contribution in [3.05, 3.63) is 47.7 Å². The fourth-order valence-electron chi connectivity index (χ4n) is 5.76. The molecule has 4 atom stereocenters. The number of carbonyl (C=O) groups excluding carboxylic acids is 2. The second-order valence-electron chi connectivity index (χ2n) is 8.16. The van der Waals surface area contributed by atoms with Gasteiger partial charge >= 0.3 is 0 Å². The van der Waals surface area contributed by atoms with Gasteiger partial charge in [0, 0.05) is 22.2 Å². The molecule has 1 N–H and O–H groups in total. The van der Waals surface area contributed by atoms with E-state index < -0.39 is 0 Å². The quantitative estimate of drug-likeness (QED) is 0.516. The molecule has 2 heterocycles. The predicted molar refractivity (Wildman–Crippen MR) is 97.2 cm³/mol. The Labute approximate surface area is 150 Å². The summed E-state index contributed by atoms with van der Waals surface area (Å²) in [6.45, 7) is 1.98. The largest absolute Gasteiger partial charge is 0.358 e. The van der Waals surface area contributed by atoms with E-state index >= 15 is 0 Å². The third-order valence-corrected chi connectivity index (χ3v) is 7.08. The van der Waals surface area contributed by atoms with E-state index in [1.807, 2.05) is 31.2 Å². The maximum atomic E-state index is 13.0. The molecule has 1 spiro atoms. The Bertz CT molecular complexity index is 1010. The van der Waals surface area contributed by atoms with Crippen LogP contribution in [0.15, 0.2) is 41.5 Å². The molecule has 26 heavy (non-hydrogen) atoms. The van der Waals surface area contributed by atoms with Crippen LogP contribution in [0.5, 0.6) is 0 Å². The number of hydrazone groups is 1. The van der Waals surface area contributed by atoms with Crippen molar-refractivity contribution in [2.24, 2.45) is 34.2 Å². The summed E-state index contributed by atoms with van der Waals surface area (Å²) >= 11 is 0. The normalized spacial score (nSPS) is 33.3. The van der Waals surface area contributed by atoms with Gasteiger partial charge in [0.15, 0.2) is 0 Å². The molecule has 0 unspecified atom stereocenters. The number of rotatable bonds is 2. The number of carbonyl (C=O) groups is 2. The molecule has 5 nitrogen and oxygen atoms in total. The zero-order valence-electron chi connectivity index (χ0n) is 14.5. The lowest BCUT2D eigenvalue weighted by molar-refractivity contribution is -0.141. The number of hydrogen-bond donors (Lipinski definition) is 1. The number of benzene rings is 1. The van der Waals surface area contributed by atoms with Gasteiger partial charge in [-0.15, -0.1) is 0 Å². The van der Waals surface area contributed by atoms with E-state index in [9.17, 15) is 9.59 Å². The van der Waals surface area contributed by atoms with Crippen LogP contribution in [-0.2, 0) is 9.59 Å². The summed E-state index contributed by atoms with van der Waals surface area (Å²) < 4.78 is 0. The number of amides is 2. The number of aryl methyl sites for hydroxylation is 1. The fourth-order valence-corrected chi connectivity index (χ4v) is 5.76. The van der Waals surface area contributed by atoms with Crippen molar-refractivity contribution in [1.29, 1.82) is 0 Å². The molecular formula is C21H19N3O2. The number of aromatic nitrogens is 1. The average Bonchev–Trinajstić information content (AvgIpc) is 3.10. The van der Waals surface area contributed by atoms with Gasteiger partial charge in [-0.1, -0.05) is 30.4 Å². The summed E-state index contributed by atoms with van der Waals surface area (Å²) in [5, 5.41) is 6.53. The maximum absolute atomic E-state index is 13.0. The van der Waals surface area contributed by atoms with Gasteiger partial charge in [0.25, 0.3) is 11.8 Å². The van der Waals surface area contributed by atoms with Crippen LogP contribution in [0.2, 0.25) is 0 Å². The molecule has 0 radical (unpaired) electrons. The molecule has 4 aliphatic rings. The Balaban J connectivity index is 1.36. The molecule has 1 saturated heterocycles. The summed E-state index contributed by atoms with van der Waals surface area (Å²) in [6, 6.07) is 7.98.